The summed E-state index contributed by atoms with van der Waals surface area (Å²) in [6.45, 7) is 3.26. The van der Waals surface area contributed by atoms with Crippen molar-refractivity contribution in [1.82, 2.24) is 14.5 Å². The van der Waals surface area contributed by atoms with E-state index in [4.69, 9.17) is 4.74 Å². The summed E-state index contributed by atoms with van der Waals surface area (Å²) in [4.78, 5) is 22.7. The highest BCUT2D eigenvalue weighted by Crippen LogP contribution is 2.24. The van der Waals surface area contributed by atoms with Crippen molar-refractivity contribution < 1.29 is 4.74 Å². The molecule has 2 aromatic heterocycles. The van der Waals surface area contributed by atoms with Gasteiger partial charge in [-0.05, 0) is 36.4 Å². The van der Waals surface area contributed by atoms with Gasteiger partial charge in [0.25, 0.3) is 5.56 Å². The van der Waals surface area contributed by atoms with Crippen LogP contribution >= 0.6 is 0 Å². The van der Waals surface area contributed by atoms with E-state index in [0.717, 1.165) is 53.9 Å². The van der Waals surface area contributed by atoms with Gasteiger partial charge in [-0.25, -0.2) is 9.55 Å². The summed E-state index contributed by atoms with van der Waals surface area (Å²) in [5.41, 5.74) is 3.65. The number of aromatic amines is 1. The summed E-state index contributed by atoms with van der Waals surface area (Å²) in [5.74, 6) is 0.543. The SMILES string of the molecule is O=c1ccc2cc(N3CCOCC3)ccc2n1-c1nc2ccccc2[nH]1. The van der Waals surface area contributed by atoms with Crippen molar-refractivity contribution in [2.75, 3.05) is 31.2 Å². The first kappa shape index (κ1) is 15.2. The Kier molecular flexibility index (Phi) is 3.50. The Bertz CT molecular complexity index is 1120. The van der Waals surface area contributed by atoms with Crippen LogP contribution < -0.4 is 10.5 Å². The summed E-state index contributed by atoms with van der Waals surface area (Å²) < 4.78 is 7.07. The molecule has 1 saturated heterocycles. The normalized spacial score (nSPS) is 15.0. The summed E-state index contributed by atoms with van der Waals surface area (Å²) in [5, 5.41) is 1.01. The standard InChI is InChI=1S/C20H18N4O2/c25-19-8-5-14-13-15(23-9-11-26-12-10-23)6-7-18(14)24(19)20-21-16-3-1-2-4-17(16)22-20/h1-8,13H,9-12H2,(H,21,22). The monoisotopic (exact) mass is 346 g/mol. The molecular weight excluding hydrogens is 328 g/mol. The second-order valence-corrected chi connectivity index (χ2v) is 6.43. The number of H-pyrrole nitrogens is 1. The molecule has 0 aliphatic carbocycles. The fraction of sp³-hybridized carbons (Fsp3) is 0.200. The van der Waals surface area contributed by atoms with Crippen LogP contribution in [0, 0.1) is 0 Å². The van der Waals surface area contributed by atoms with E-state index in [9.17, 15) is 4.79 Å². The van der Waals surface area contributed by atoms with Crippen LogP contribution in [-0.2, 0) is 4.74 Å². The number of ether oxygens (including phenoxy) is 1. The molecule has 5 rings (SSSR count). The van der Waals surface area contributed by atoms with Gasteiger partial charge < -0.3 is 14.6 Å². The Morgan fingerprint density at radius 1 is 1.00 bits per heavy atom. The van der Waals surface area contributed by atoms with E-state index in [-0.39, 0.29) is 5.56 Å². The average molecular weight is 346 g/mol. The fourth-order valence-corrected chi connectivity index (χ4v) is 3.52. The first-order valence-corrected chi connectivity index (χ1v) is 8.73. The minimum absolute atomic E-state index is 0.101. The molecule has 0 bridgehead atoms. The molecule has 1 N–H and O–H groups in total. The van der Waals surface area contributed by atoms with Crippen LogP contribution in [0.2, 0.25) is 0 Å². The summed E-state index contributed by atoms with van der Waals surface area (Å²) in [6.07, 6.45) is 0. The van der Waals surface area contributed by atoms with E-state index in [0.29, 0.717) is 5.95 Å². The quantitative estimate of drug-likeness (QED) is 0.606. The zero-order valence-corrected chi connectivity index (χ0v) is 14.2. The number of imidazole rings is 1. The molecule has 0 unspecified atom stereocenters. The summed E-state index contributed by atoms with van der Waals surface area (Å²) >= 11 is 0. The molecule has 6 heteroatoms. The van der Waals surface area contributed by atoms with Gasteiger partial charge in [-0.3, -0.25) is 4.79 Å². The molecule has 0 spiro atoms. The van der Waals surface area contributed by atoms with Gasteiger partial charge in [0, 0.05) is 30.2 Å². The van der Waals surface area contributed by atoms with Gasteiger partial charge >= 0.3 is 0 Å². The van der Waals surface area contributed by atoms with Crippen molar-refractivity contribution in [2.24, 2.45) is 0 Å². The third-order valence-corrected chi connectivity index (χ3v) is 4.84. The minimum Gasteiger partial charge on any atom is -0.378 e. The molecule has 1 aliphatic heterocycles. The van der Waals surface area contributed by atoms with Crippen molar-refractivity contribution in [3.05, 3.63) is 65.0 Å². The van der Waals surface area contributed by atoms with E-state index < -0.39 is 0 Å². The lowest BCUT2D eigenvalue weighted by Gasteiger charge is -2.29. The highest BCUT2D eigenvalue weighted by Gasteiger charge is 2.14. The van der Waals surface area contributed by atoms with Crippen LogP contribution in [-0.4, -0.2) is 40.8 Å². The maximum atomic E-state index is 12.6. The van der Waals surface area contributed by atoms with Crippen molar-refractivity contribution >= 4 is 27.6 Å². The number of hydrogen-bond donors (Lipinski definition) is 1. The van der Waals surface area contributed by atoms with Crippen molar-refractivity contribution in [1.29, 1.82) is 0 Å². The first-order valence-electron chi connectivity index (χ1n) is 8.73. The van der Waals surface area contributed by atoms with Crippen LogP contribution in [0.1, 0.15) is 0 Å². The largest absolute Gasteiger partial charge is 0.378 e. The van der Waals surface area contributed by atoms with Crippen molar-refractivity contribution in [2.45, 2.75) is 0 Å². The molecule has 3 heterocycles. The molecule has 1 fully saturated rings. The zero-order chi connectivity index (χ0) is 17.5. The number of rotatable bonds is 2. The third-order valence-electron chi connectivity index (χ3n) is 4.84. The number of para-hydroxylation sites is 2. The van der Waals surface area contributed by atoms with Gasteiger partial charge in [0.1, 0.15) is 0 Å². The molecule has 0 amide bonds. The van der Waals surface area contributed by atoms with E-state index in [1.54, 1.807) is 10.6 Å². The number of pyridine rings is 1. The number of hydrogen-bond acceptors (Lipinski definition) is 4. The maximum absolute atomic E-state index is 12.6. The van der Waals surface area contributed by atoms with E-state index >= 15 is 0 Å². The van der Waals surface area contributed by atoms with E-state index in [2.05, 4.69) is 27.0 Å². The predicted octanol–water partition coefficient (Wildman–Crippen LogP) is 2.70. The van der Waals surface area contributed by atoms with Crippen LogP contribution in [0.3, 0.4) is 0 Å². The fourth-order valence-electron chi connectivity index (χ4n) is 3.52. The average Bonchev–Trinajstić information content (AvgIpc) is 3.12. The molecule has 0 atom stereocenters. The van der Waals surface area contributed by atoms with Gasteiger partial charge in [0.15, 0.2) is 0 Å². The van der Waals surface area contributed by atoms with Gasteiger partial charge in [0.2, 0.25) is 5.95 Å². The molecule has 1 aliphatic rings. The van der Waals surface area contributed by atoms with Crippen LogP contribution in [0.15, 0.2) is 59.4 Å². The number of aromatic nitrogens is 3. The van der Waals surface area contributed by atoms with Gasteiger partial charge in [0.05, 0.1) is 29.8 Å². The first-order chi connectivity index (χ1) is 12.8. The molecule has 0 saturated carbocycles. The van der Waals surface area contributed by atoms with E-state index in [1.807, 2.05) is 36.4 Å². The molecule has 4 aromatic rings. The molecule has 26 heavy (non-hydrogen) atoms. The Morgan fingerprint density at radius 3 is 2.69 bits per heavy atom. The molecular formula is C20H18N4O2. The predicted molar refractivity (Wildman–Crippen MR) is 102 cm³/mol. The third kappa shape index (κ3) is 2.46. The zero-order valence-electron chi connectivity index (χ0n) is 14.2. The summed E-state index contributed by atoms with van der Waals surface area (Å²) in [6, 6.07) is 17.4. The summed E-state index contributed by atoms with van der Waals surface area (Å²) in [7, 11) is 0. The number of morpholine rings is 1. The van der Waals surface area contributed by atoms with Gasteiger partial charge in [-0.2, -0.15) is 0 Å². The number of nitrogens with zero attached hydrogens (tertiary/aromatic N) is 3. The lowest BCUT2D eigenvalue weighted by atomic mass is 10.1. The topological polar surface area (TPSA) is 63.1 Å². The maximum Gasteiger partial charge on any atom is 0.257 e. The number of nitrogens with one attached hydrogen (secondary N) is 1. The highest BCUT2D eigenvalue weighted by atomic mass is 16.5. The second-order valence-electron chi connectivity index (χ2n) is 6.43. The second kappa shape index (κ2) is 6.00. The number of benzene rings is 2. The Balaban J connectivity index is 1.67. The Labute approximate surface area is 149 Å². The van der Waals surface area contributed by atoms with Crippen LogP contribution in [0.4, 0.5) is 5.69 Å². The van der Waals surface area contributed by atoms with Crippen LogP contribution in [0.25, 0.3) is 27.9 Å². The number of fused-ring (bicyclic) bond motifs is 2. The van der Waals surface area contributed by atoms with Crippen molar-refractivity contribution in [3.8, 4) is 5.95 Å². The van der Waals surface area contributed by atoms with Gasteiger partial charge in [-0.15, -0.1) is 0 Å². The Morgan fingerprint density at radius 2 is 1.85 bits per heavy atom. The lowest BCUT2D eigenvalue weighted by Crippen LogP contribution is -2.36. The molecule has 130 valence electrons. The number of anilines is 1. The Hall–Kier alpha value is -3.12. The van der Waals surface area contributed by atoms with Crippen molar-refractivity contribution in [3.63, 3.8) is 0 Å². The minimum atomic E-state index is -0.101. The van der Waals surface area contributed by atoms with Gasteiger partial charge in [-0.1, -0.05) is 12.1 Å². The lowest BCUT2D eigenvalue weighted by molar-refractivity contribution is 0.122. The smallest absolute Gasteiger partial charge is 0.257 e. The molecule has 0 radical (unpaired) electrons. The highest BCUT2D eigenvalue weighted by molar-refractivity contribution is 5.85. The van der Waals surface area contributed by atoms with Crippen LogP contribution in [0.5, 0.6) is 0 Å². The molecule has 6 nitrogen and oxygen atoms in total. The molecule has 2 aromatic carbocycles. The van der Waals surface area contributed by atoms with E-state index in [1.165, 1.54) is 0 Å².